The Morgan fingerprint density at radius 1 is 1.15 bits per heavy atom. The first-order valence-corrected chi connectivity index (χ1v) is 9.89. The van der Waals surface area contributed by atoms with Crippen molar-refractivity contribution in [1.29, 1.82) is 0 Å². The third kappa shape index (κ3) is 3.51. The minimum Gasteiger partial charge on any atom is -0.269 e. The molecule has 3 amide bonds. The van der Waals surface area contributed by atoms with Crippen LogP contribution in [0, 0.1) is 10.1 Å². The standard InChI is InChI=1S/C15H14Cl2N4O4S/c16-9-1-3-10(4-2-9)19-13(18-26-17)14(22)20(15(19)23)11-5-7-12(8-6-11)21(24)25/h5-10H,1-4H2. The van der Waals surface area contributed by atoms with Crippen molar-refractivity contribution in [3.05, 3.63) is 34.4 Å². The van der Waals surface area contributed by atoms with Gasteiger partial charge in [-0.1, -0.05) is 0 Å². The Bertz CT molecular complexity index is 765. The summed E-state index contributed by atoms with van der Waals surface area (Å²) >= 11 is 6.70. The summed E-state index contributed by atoms with van der Waals surface area (Å²) in [6, 6.07) is 4.48. The van der Waals surface area contributed by atoms with E-state index in [1.165, 1.54) is 29.2 Å². The van der Waals surface area contributed by atoms with Crippen LogP contribution in [0.2, 0.25) is 0 Å². The topological polar surface area (TPSA) is 96.1 Å². The minimum atomic E-state index is -0.606. The molecule has 0 N–H and O–H groups in total. The van der Waals surface area contributed by atoms with Crippen molar-refractivity contribution in [2.24, 2.45) is 4.40 Å². The van der Waals surface area contributed by atoms with Gasteiger partial charge in [-0.05, 0) is 48.5 Å². The van der Waals surface area contributed by atoms with Crippen molar-refractivity contribution in [3.8, 4) is 0 Å². The molecule has 0 atom stereocenters. The maximum atomic E-state index is 12.9. The molecule has 11 heteroatoms. The molecular weight excluding hydrogens is 403 g/mol. The molecule has 2 fully saturated rings. The van der Waals surface area contributed by atoms with Gasteiger partial charge in [0.05, 0.1) is 21.8 Å². The van der Waals surface area contributed by atoms with Gasteiger partial charge in [-0.2, -0.15) is 4.40 Å². The van der Waals surface area contributed by atoms with Crippen LogP contribution in [0.1, 0.15) is 25.7 Å². The Kier molecular flexibility index (Phi) is 5.69. The lowest BCUT2D eigenvalue weighted by Crippen LogP contribution is -2.43. The summed E-state index contributed by atoms with van der Waals surface area (Å²) in [7, 11) is 5.60. The molecular formula is C15H14Cl2N4O4S. The number of alkyl halides is 1. The number of carbonyl (C=O) groups is 2. The molecule has 2 aliphatic rings. The van der Waals surface area contributed by atoms with Crippen molar-refractivity contribution in [3.63, 3.8) is 0 Å². The van der Waals surface area contributed by atoms with Crippen LogP contribution < -0.4 is 4.90 Å². The average Bonchev–Trinajstić information content (AvgIpc) is 2.87. The molecule has 1 aromatic rings. The monoisotopic (exact) mass is 416 g/mol. The van der Waals surface area contributed by atoms with Gasteiger partial charge in [0.1, 0.15) is 0 Å². The van der Waals surface area contributed by atoms with Crippen molar-refractivity contribution in [2.45, 2.75) is 37.1 Å². The van der Waals surface area contributed by atoms with Crippen LogP contribution in [-0.4, -0.2) is 39.0 Å². The molecule has 0 unspecified atom stereocenters. The first kappa shape index (κ1) is 18.9. The molecule has 1 saturated heterocycles. The predicted octanol–water partition coefficient (Wildman–Crippen LogP) is 4.11. The Hall–Kier alpha value is -1.84. The van der Waals surface area contributed by atoms with E-state index < -0.39 is 16.9 Å². The van der Waals surface area contributed by atoms with Crippen molar-refractivity contribution >= 4 is 62.6 Å². The van der Waals surface area contributed by atoms with Gasteiger partial charge in [0.15, 0.2) is 0 Å². The van der Waals surface area contributed by atoms with E-state index in [4.69, 9.17) is 22.3 Å². The van der Waals surface area contributed by atoms with Gasteiger partial charge in [0.25, 0.3) is 5.69 Å². The van der Waals surface area contributed by atoms with E-state index in [1.807, 2.05) is 0 Å². The van der Waals surface area contributed by atoms with Crippen LogP contribution in [-0.2, 0) is 4.79 Å². The molecule has 0 bridgehead atoms. The van der Waals surface area contributed by atoms with Gasteiger partial charge >= 0.3 is 11.9 Å². The largest absolute Gasteiger partial charge is 0.337 e. The molecule has 26 heavy (non-hydrogen) atoms. The van der Waals surface area contributed by atoms with Gasteiger partial charge in [0, 0.05) is 23.6 Å². The first-order valence-electron chi connectivity index (χ1n) is 7.86. The van der Waals surface area contributed by atoms with Gasteiger partial charge in [-0.3, -0.25) is 19.8 Å². The molecule has 1 heterocycles. The van der Waals surface area contributed by atoms with Crippen LogP contribution in [0.5, 0.6) is 0 Å². The molecule has 1 aliphatic heterocycles. The van der Waals surface area contributed by atoms with Crippen LogP contribution >= 0.6 is 33.4 Å². The predicted molar refractivity (Wildman–Crippen MR) is 101 cm³/mol. The number of rotatable bonds is 4. The number of carbonyl (C=O) groups excluding carboxylic acids is 2. The summed E-state index contributed by atoms with van der Waals surface area (Å²) in [6.07, 6.45) is 2.80. The number of nitrogens with zero attached hydrogens (tertiary/aromatic N) is 4. The van der Waals surface area contributed by atoms with E-state index >= 15 is 0 Å². The number of nitro groups is 1. The normalized spacial score (nSPS) is 25.2. The fraction of sp³-hybridized carbons (Fsp3) is 0.400. The highest BCUT2D eigenvalue weighted by molar-refractivity contribution is 8.20. The van der Waals surface area contributed by atoms with E-state index in [2.05, 4.69) is 4.40 Å². The van der Waals surface area contributed by atoms with Crippen LogP contribution in [0.4, 0.5) is 16.2 Å². The van der Waals surface area contributed by atoms with E-state index in [0.29, 0.717) is 24.0 Å². The van der Waals surface area contributed by atoms with Crippen molar-refractivity contribution in [1.82, 2.24) is 4.90 Å². The third-order valence-electron chi connectivity index (χ3n) is 4.45. The quantitative estimate of drug-likeness (QED) is 0.242. The van der Waals surface area contributed by atoms with Gasteiger partial charge in [0.2, 0.25) is 5.84 Å². The molecule has 0 spiro atoms. The second-order valence-corrected chi connectivity index (χ2v) is 7.31. The third-order valence-corrected chi connectivity index (χ3v) is 5.34. The number of hydrogen-bond acceptors (Lipinski definition) is 6. The number of benzene rings is 1. The van der Waals surface area contributed by atoms with E-state index in [1.54, 1.807) is 0 Å². The summed E-state index contributed by atoms with van der Waals surface area (Å²) in [5, 5.41) is 10.9. The molecule has 3 rings (SSSR count). The second kappa shape index (κ2) is 7.81. The summed E-state index contributed by atoms with van der Waals surface area (Å²) in [5.41, 5.74) is 0.113. The minimum absolute atomic E-state index is 0.0358. The zero-order chi connectivity index (χ0) is 18.8. The summed E-state index contributed by atoms with van der Waals surface area (Å²) in [6.45, 7) is 0. The number of non-ortho nitro benzene ring substituents is 1. The molecule has 0 radical (unpaired) electrons. The molecule has 138 valence electrons. The van der Waals surface area contributed by atoms with E-state index in [0.717, 1.165) is 17.7 Å². The highest BCUT2D eigenvalue weighted by Gasteiger charge is 2.47. The summed E-state index contributed by atoms with van der Waals surface area (Å²) in [5.74, 6) is -0.642. The average molecular weight is 417 g/mol. The molecule has 0 aromatic heterocycles. The zero-order valence-corrected chi connectivity index (χ0v) is 15.7. The zero-order valence-electron chi connectivity index (χ0n) is 13.4. The number of hydrogen-bond donors (Lipinski definition) is 0. The van der Waals surface area contributed by atoms with Crippen molar-refractivity contribution < 1.29 is 14.5 Å². The SMILES string of the molecule is O=C1C(=NSCl)N(C2CCC(Cl)CC2)C(=O)N1c1ccc([N+](=O)[O-])cc1. The maximum Gasteiger partial charge on any atom is 0.337 e. The molecule has 1 aromatic carbocycles. The van der Waals surface area contributed by atoms with Crippen LogP contribution in [0.15, 0.2) is 28.7 Å². The lowest BCUT2D eigenvalue weighted by atomic mass is 9.94. The Morgan fingerprint density at radius 2 is 1.77 bits per heavy atom. The molecule has 1 aliphatic carbocycles. The van der Waals surface area contributed by atoms with E-state index in [-0.39, 0.29) is 28.6 Å². The number of anilines is 1. The van der Waals surface area contributed by atoms with Gasteiger partial charge in [-0.15, -0.1) is 11.6 Å². The number of imide groups is 1. The second-order valence-electron chi connectivity index (χ2n) is 5.96. The lowest BCUT2D eigenvalue weighted by Gasteiger charge is -2.31. The van der Waals surface area contributed by atoms with E-state index in [9.17, 15) is 19.7 Å². The molecule has 1 saturated carbocycles. The van der Waals surface area contributed by atoms with Gasteiger partial charge < -0.3 is 0 Å². The number of halogens is 2. The van der Waals surface area contributed by atoms with Crippen LogP contribution in [0.3, 0.4) is 0 Å². The fourth-order valence-electron chi connectivity index (χ4n) is 3.18. The maximum absolute atomic E-state index is 12.9. The highest BCUT2D eigenvalue weighted by Crippen LogP contribution is 2.33. The molecule has 8 nitrogen and oxygen atoms in total. The highest BCUT2D eigenvalue weighted by atomic mass is 35.7. The summed E-state index contributed by atoms with van der Waals surface area (Å²) < 4.78 is 3.92. The number of nitro benzene ring substituents is 1. The Balaban J connectivity index is 1.92. The Morgan fingerprint density at radius 3 is 2.31 bits per heavy atom. The first-order chi connectivity index (χ1) is 12.4. The Labute approximate surface area is 162 Å². The smallest absolute Gasteiger partial charge is 0.269 e. The van der Waals surface area contributed by atoms with Gasteiger partial charge in [-0.25, -0.2) is 9.69 Å². The number of amides is 3. The fourth-order valence-corrected chi connectivity index (χ4v) is 3.86. The number of urea groups is 1. The van der Waals surface area contributed by atoms with Crippen molar-refractivity contribution in [2.75, 3.05) is 4.90 Å². The van der Waals surface area contributed by atoms with Crippen LogP contribution in [0.25, 0.3) is 0 Å². The summed E-state index contributed by atoms with van der Waals surface area (Å²) in [4.78, 5) is 38.2. The number of amidine groups is 1. The lowest BCUT2D eigenvalue weighted by molar-refractivity contribution is -0.384.